The summed E-state index contributed by atoms with van der Waals surface area (Å²) < 4.78 is 10.3. The maximum atomic E-state index is 14.3. The quantitative estimate of drug-likeness (QED) is 0.140. The predicted molar refractivity (Wildman–Crippen MR) is 209 cm³/mol. The summed E-state index contributed by atoms with van der Waals surface area (Å²) in [6.07, 6.45) is 3.02. The number of H-pyrrole nitrogens is 2. The number of amides is 1. The molecule has 0 aliphatic carbocycles. The summed E-state index contributed by atoms with van der Waals surface area (Å²) in [7, 11) is 2.72. The van der Waals surface area contributed by atoms with Gasteiger partial charge >= 0.3 is 11.9 Å². The van der Waals surface area contributed by atoms with Crippen LogP contribution in [0.1, 0.15) is 113 Å². The van der Waals surface area contributed by atoms with Crippen molar-refractivity contribution >= 4 is 57.1 Å². The number of benzene rings is 1. The molecule has 8 bridgehead atoms. The van der Waals surface area contributed by atoms with E-state index < -0.39 is 5.97 Å². The molecule has 2 atom stereocenters. The van der Waals surface area contributed by atoms with Crippen LogP contribution in [0.5, 0.6) is 0 Å². The molecule has 0 radical (unpaired) electrons. The third-order valence-corrected chi connectivity index (χ3v) is 10.7. The number of allylic oxidation sites excluding steroid dienone is 2. The SMILES string of the molecule is C=Cc1c(C)c2cc3nc(c(CC(=O)OC)c4[nH]c(cc5nc(cc1[nH]2)C(C)=C5CC)c(C)c4C(=O)NCc1ccccc1)C(CCC(=O)OC)C3C. The van der Waals surface area contributed by atoms with Gasteiger partial charge in [-0.05, 0) is 79.6 Å². The molecule has 53 heavy (non-hydrogen) atoms. The van der Waals surface area contributed by atoms with Gasteiger partial charge in [0, 0.05) is 58.2 Å². The number of aryl methyl sites for hydroxylation is 2. The van der Waals surface area contributed by atoms with Crippen molar-refractivity contribution in [1.82, 2.24) is 25.3 Å². The summed E-state index contributed by atoms with van der Waals surface area (Å²) in [5, 5.41) is 3.11. The summed E-state index contributed by atoms with van der Waals surface area (Å²) in [6.45, 7) is 14.6. The Kier molecular flexibility index (Phi) is 10.8. The molecule has 3 N–H and O–H groups in total. The van der Waals surface area contributed by atoms with Gasteiger partial charge in [0.05, 0.1) is 48.8 Å². The van der Waals surface area contributed by atoms with Gasteiger partial charge in [-0.2, -0.15) is 0 Å². The third kappa shape index (κ3) is 7.18. The van der Waals surface area contributed by atoms with E-state index in [0.717, 1.165) is 62.4 Å². The maximum absolute atomic E-state index is 14.3. The highest BCUT2D eigenvalue weighted by molar-refractivity contribution is 6.06. The van der Waals surface area contributed by atoms with Crippen molar-refractivity contribution in [2.45, 2.75) is 78.7 Å². The van der Waals surface area contributed by atoms with Crippen LogP contribution >= 0.6 is 0 Å². The number of nitrogens with one attached hydrogen (secondary N) is 3. The Bertz CT molecular complexity index is 2310. The zero-order chi connectivity index (χ0) is 38.0. The summed E-state index contributed by atoms with van der Waals surface area (Å²) in [4.78, 5) is 57.7. The van der Waals surface area contributed by atoms with Gasteiger partial charge in [0.1, 0.15) is 0 Å². The molecule has 3 aromatic heterocycles. The fraction of sp³-hybridized carbons (Fsp3) is 0.326. The molecule has 274 valence electrons. The zero-order valence-electron chi connectivity index (χ0n) is 31.5. The molecule has 6 rings (SSSR count). The molecule has 2 aliphatic rings. The van der Waals surface area contributed by atoms with E-state index in [4.69, 9.17) is 19.4 Å². The van der Waals surface area contributed by atoms with E-state index in [1.165, 1.54) is 14.2 Å². The first-order valence-corrected chi connectivity index (χ1v) is 18.0. The number of rotatable bonds is 10. The van der Waals surface area contributed by atoms with E-state index in [1.807, 2.05) is 62.4 Å². The molecule has 10 nitrogen and oxygen atoms in total. The first kappa shape index (κ1) is 37.0. The lowest BCUT2D eigenvalue weighted by Gasteiger charge is -2.18. The van der Waals surface area contributed by atoms with Gasteiger partial charge in [-0.25, -0.2) is 4.98 Å². The van der Waals surface area contributed by atoms with Crippen LogP contribution in [0, 0.1) is 13.8 Å². The van der Waals surface area contributed by atoms with E-state index in [2.05, 4.69) is 48.7 Å². The van der Waals surface area contributed by atoms with Gasteiger partial charge in [0.2, 0.25) is 0 Å². The number of hydrogen-bond donors (Lipinski definition) is 3. The minimum Gasteiger partial charge on any atom is -0.469 e. The number of ether oxygens (including phenoxy) is 2. The van der Waals surface area contributed by atoms with Gasteiger partial charge in [-0.15, -0.1) is 0 Å². The number of fused-ring (bicyclic) bond motifs is 8. The van der Waals surface area contributed by atoms with E-state index in [1.54, 1.807) is 0 Å². The van der Waals surface area contributed by atoms with Crippen molar-refractivity contribution in [3.8, 4) is 0 Å². The monoisotopic (exact) mass is 713 g/mol. The van der Waals surface area contributed by atoms with Gasteiger partial charge in [-0.1, -0.05) is 56.8 Å². The van der Waals surface area contributed by atoms with Crippen molar-refractivity contribution in [2.24, 2.45) is 0 Å². The van der Waals surface area contributed by atoms with E-state index in [-0.39, 0.29) is 36.6 Å². The number of carbonyl (C=O) groups is 3. The smallest absolute Gasteiger partial charge is 0.310 e. The average Bonchev–Trinajstić information content (AvgIpc) is 3.84. The van der Waals surface area contributed by atoms with Gasteiger partial charge < -0.3 is 24.8 Å². The molecule has 2 unspecified atom stereocenters. The van der Waals surface area contributed by atoms with Gasteiger partial charge in [0.25, 0.3) is 5.91 Å². The fourth-order valence-electron chi connectivity index (χ4n) is 7.57. The van der Waals surface area contributed by atoms with Crippen LogP contribution in [0.2, 0.25) is 0 Å². The largest absolute Gasteiger partial charge is 0.469 e. The first-order valence-electron chi connectivity index (χ1n) is 18.0. The van der Waals surface area contributed by atoms with Crippen LogP contribution in [-0.2, 0) is 32.0 Å². The number of hydrogen-bond acceptors (Lipinski definition) is 7. The van der Waals surface area contributed by atoms with Crippen LogP contribution in [-0.4, -0.2) is 52.0 Å². The van der Waals surface area contributed by atoms with Crippen LogP contribution in [0.3, 0.4) is 0 Å². The lowest BCUT2D eigenvalue weighted by molar-refractivity contribution is -0.141. The Hall–Kier alpha value is -5.77. The fourth-order valence-corrected chi connectivity index (χ4v) is 7.57. The number of methoxy groups -OCH3 is 2. The Labute approximate surface area is 309 Å². The molecule has 0 saturated carbocycles. The van der Waals surface area contributed by atoms with E-state index in [0.29, 0.717) is 46.4 Å². The summed E-state index contributed by atoms with van der Waals surface area (Å²) >= 11 is 0. The molecule has 0 fully saturated rings. The highest BCUT2D eigenvalue weighted by atomic mass is 16.5. The lowest BCUT2D eigenvalue weighted by atomic mass is 9.85. The number of esters is 2. The first-order chi connectivity index (χ1) is 25.5. The van der Waals surface area contributed by atoms with Crippen LogP contribution < -0.4 is 5.32 Å². The van der Waals surface area contributed by atoms with Crippen LogP contribution in [0.4, 0.5) is 0 Å². The molecular formula is C43H47N5O5. The summed E-state index contributed by atoms with van der Waals surface area (Å²) in [5.41, 5.74) is 12.7. The highest BCUT2D eigenvalue weighted by Crippen LogP contribution is 2.43. The molecule has 1 amide bonds. The summed E-state index contributed by atoms with van der Waals surface area (Å²) in [5.74, 6) is -1.54. The lowest BCUT2D eigenvalue weighted by Crippen LogP contribution is -2.23. The molecule has 2 aliphatic heterocycles. The number of carbonyl (C=O) groups excluding carboxylic acids is 3. The maximum Gasteiger partial charge on any atom is 0.310 e. The summed E-state index contributed by atoms with van der Waals surface area (Å²) in [6, 6.07) is 15.8. The Balaban J connectivity index is 1.76. The van der Waals surface area contributed by atoms with Crippen molar-refractivity contribution in [3.63, 3.8) is 0 Å². The predicted octanol–water partition coefficient (Wildman–Crippen LogP) is 8.40. The second kappa shape index (κ2) is 15.5. The Morgan fingerprint density at radius 3 is 2.28 bits per heavy atom. The van der Waals surface area contributed by atoms with E-state index >= 15 is 0 Å². The second-order valence-corrected chi connectivity index (χ2v) is 13.7. The highest BCUT2D eigenvalue weighted by Gasteiger charge is 2.34. The van der Waals surface area contributed by atoms with Crippen LogP contribution in [0.25, 0.3) is 39.3 Å². The van der Waals surface area contributed by atoms with E-state index in [9.17, 15) is 14.4 Å². The number of nitrogens with zero attached hydrogens (tertiary/aromatic N) is 2. The number of aromatic amines is 2. The second-order valence-electron chi connectivity index (χ2n) is 13.7. The van der Waals surface area contributed by atoms with Gasteiger partial charge in [0.15, 0.2) is 0 Å². The van der Waals surface area contributed by atoms with Crippen molar-refractivity contribution in [3.05, 3.63) is 111 Å². The Morgan fingerprint density at radius 1 is 0.906 bits per heavy atom. The minimum atomic E-state index is -0.482. The van der Waals surface area contributed by atoms with Crippen molar-refractivity contribution < 1.29 is 23.9 Å². The molecule has 1 aromatic carbocycles. The molecule has 10 heteroatoms. The molecule has 5 heterocycles. The normalized spacial score (nSPS) is 15.3. The van der Waals surface area contributed by atoms with Gasteiger partial charge in [-0.3, -0.25) is 19.4 Å². The van der Waals surface area contributed by atoms with Crippen molar-refractivity contribution in [1.29, 1.82) is 0 Å². The molecule has 4 aromatic rings. The molecule has 0 spiro atoms. The van der Waals surface area contributed by atoms with Crippen molar-refractivity contribution in [2.75, 3.05) is 14.2 Å². The number of aromatic nitrogens is 4. The molecule has 0 saturated heterocycles. The molecular weight excluding hydrogens is 667 g/mol. The Morgan fingerprint density at radius 2 is 1.60 bits per heavy atom. The minimum absolute atomic E-state index is 0.147. The average molecular weight is 714 g/mol. The zero-order valence-corrected chi connectivity index (χ0v) is 31.5. The van der Waals surface area contributed by atoms with Crippen LogP contribution in [0.15, 0.2) is 55.1 Å². The standard InChI is InChI=1S/C43H47N5O5/c1-9-28-23(3)32-19-34-25(5)30(16-17-38(49)52-7)41(47-34)31(18-39(50)53-8)42-40(43(51)44-22-27-14-12-11-13-15-27)26(6)35(48-42)21-37-29(10-2)24(4)33(46-37)20-36(28)45-32/h9,11-15,19-21,25,30,45,48H,1,10,16-18,22H2,2-8H3,(H,44,51). The third-order valence-electron chi connectivity index (χ3n) is 10.7. The topological polar surface area (TPSA) is 139 Å².